The maximum absolute atomic E-state index is 11.6. The summed E-state index contributed by atoms with van der Waals surface area (Å²) >= 11 is 0. The maximum Gasteiger partial charge on any atom is 0.267 e. The number of amides is 1. The summed E-state index contributed by atoms with van der Waals surface area (Å²) < 4.78 is 2.14. The van der Waals surface area contributed by atoms with Gasteiger partial charge in [-0.25, -0.2) is 4.98 Å². The zero-order valence-corrected chi connectivity index (χ0v) is 12.8. The quantitative estimate of drug-likeness (QED) is 0.596. The molecule has 0 saturated heterocycles. The largest absolute Gasteiger partial charge is 0.364 e. The molecular weight excluding hydrogens is 290 g/mol. The van der Waals surface area contributed by atoms with Crippen LogP contribution < -0.4 is 5.73 Å². The van der Waals surface area contributed by atoms with Crippen LogP contribution in [0.25, 0.3) is 33.1 Å². The van der Waals surface area contributed by atoms with Gasteiger partial charge in [-0.15, -0.1) is 0 Å². The number of pyridine rings is 1. The summed E-state index contributed by atoms with van der Waals surface area (Å²) in [5.74, 6) is -0.555. The van der Waals surface area contributed by atoms with Crippen molar-refractivity contribution in [3.8, 4) is 11.1 Å². The van der Waals surface area contributed by atoms with Crippen molar-refractivity contribution in [3.05, 3.63) is 47.9 Å². The normalized spacial score (nSPS) is 11.4. The molecule has 0 radical (unpaired) electrons. The van der Waals surface area contributed by atoms with Crippen molar-refractivity contribution in [2.24, 2.45) is 12.8 Å². The molecule has 3 aromatic heterocycles. The number of fused-ring (bicyclic) bond motifs is 2. The van der Waals surface area contributed by atoms with E-state index in [-0.39, 0.29) is 5.69 Å². The SMILES string of the molecule is Cc1c(-c2cc(C(N)=O)nc3[nH]ncc23)c2ccccc2n1C. The van der Waals surface area contributed by atoms with E-state index in [1.54, 1.807) is 12.3 Å². The van der Waals surface area contributed by atoms with Crippen LogP contribution in [0.15, 0.2) is 36.5 Å². The lowest BCUT2D eigenvalue weighted by Gasteiger charge is -2.06. The lowest BCUT2D eigenvalue weighted by molar-refractivity contribution is 0.0996. The van der Waals surface area contributed by atoms with Gasteiger partial charge in [0.25, 0.3) is 5.91 Å². The number of hydrogen-bond donors (Lipinski definition) is 2. The van der Waals surface area contributed by atoms with E-state index in [2.05, 4.69) is 38.8 Å². The molecule has 23 heavy (non-hydrogen) atoms. The van der Waals surface area contributed by atoms with Crippen molar-refractivity contribution in [3.63, 3.8) is 0 Å². The first-order valence-corrected chi connectivity index (χ1v) is 7.26. The molecule has 3 heterocycles. The topological polar surface area (TPSA) is 89.6 Å². The minimum absolute atomic E-state index is 0.226. The van der Waals surface area contributed by atoms with Crippen molar-refractivity contribution in [2.75, 3.05) is 0 Å². The summed E-state index contributed by atoms with van der Waals surface area (Å²) in [5, 5.41) is 8.87. The number of para-hydroxylation sites is 1. The van der Waals surface area contributed by atoms with Crippen molar-refractivity contribution >= 4 is 27.8 Å². The number of carbonyl (C=O) groups is 1. The second-order valence-electron chi connectivity index (χ2n) is 5.59. The van der Waals surface area contributed by atoms with E-state index in [4.69, 9.17) is 5.73 Å². The summed E-state index contributed by atoms with van der Waals surface area (Å²) in [4.78, 5) is 15.9. The van der Waals surface area contributed by atoms with E-state index in [0.29, 0.717) is 5.65 Å². The van der Waals surface area contributed by atoms with E-state index in [0.717, 1.165) is 33.1 Å². The fourth-order valence-corrected chi connectivity index (χ4v) is 3.12. The average molecular weight is 305 g/mol. The van der Waals surface area contributed by atoms with Crippen molar-refractivity contribution in [1.82, 2.24) is 19.7 Å². The molecule has 0 saturated carbocycles. The number of H-pyrrole nitrogens is 1. The Morgan fingerprint density at radius 1 is 1.26 bits per heavy atom. The minimum atomic E-state index is -0.555. The Hall–Kier alpha value is -3.15. The molecule has 6 heteroatoms. The molecule has 0 fully saturated rings. The summed E-state index contributed by atoms with van der Waals surface area (Å²) in [6.07, 6.45) is 1.73. The highest BCUT2D eigenvalue weighted by molar-refractivity contribution is 6.07. The minimum Gasteiger partial charge on any atom is -0.364 e. The molecule has 0 atom stereocenters. The molecule has 0 aliphatic rings. The van der Waals surface area contributed by atoms with Gasteiger partial charge in [-0.1, -0.05) is 18.2 Å². The van der Waals surface area contributed by atoms with Crippen molar-refractivity contribution in [2.45, 2.75) is 6.92 Å². The average Bonchev–Trinajstić information content (AvgIpc) is 3.11. The van der Waals surface area contributed by atoms with Crippen LogP contribution >= 0.6 is 0 Å². The number of aromatic nitrogens is 4. The molecule has 0 aliphatic heterocycles. The second kappa shape index (κ2) is 4.67. The van der Waals surface area contributed by atoms with Gasteiger partial charge in [0.15, 0.2) is 5.65 Å². The molecule has 4 aromatic rings. The van der Waals surface area contributed by atoms with Crippen LogP contribution in [-0.2, 0) is 7.05 Å². The molecule has 0 spiro atoms. The molecule has 0 aliphatic carbocycles. The first kappa shape index (κ1) is 13.5. The highest BCUT2D eigenvalue weighted by Gasteiger charge is 2.19. The first-order chi connectivity index (χ1) is 11.1. The Morgan fingerprint density at radius 3 is 2.83 bits per heavy atom. The van der Waals surface area contributed by atoms with Crippen molar-refractivity contribution < 1.29 is 4.79 Å². The van der Waals surface area contributed by atoms with Crippen molar-refractivity contribution in [1.29, 1.82) is 0 Å². The molecule has 6 nitrogen and oxygen atoms in total. The zero-order valence-electron chi connectivity index (χ0n) is 12.8. The van der Waals surface area contributed by atoms with Crippen LogP contribution in [0.1, 0.15) is 16.2 Å². The van der Waals surface area contributed by atoms with E-state index >= 15 is 0 Å². The van der Waals surface area contributed by atoms with E-state index in [1.807, 2.05) is 19.2 Å². The molecule has 114 valence electrons. The predicted molar refractivity (Wildman–Crippen MR) is 89.1 cm³/mol. The van der Waals surface area contributed by atoms with Gasteiger partial charge in [0.1, 0.15) is 5.69 Å². The lowest BCUT2D eigenvalue weighted by Crippen LogP contribution is -2.13. The van der Waals surface area contributed by atoms with Gasteiger partial charge < -0.3 is 10.3 Å². The zero-order chi connectivity index (χ0) is 16.1. The third-order valence-corrected chi connectivity index (χ3v) is 4.34. The summed E-state index contributed by atoms with van der Waals surface area (Å²) in [6.45, 7) is 2.06. The number of aromatic amines is 1. The molecule has 1 aromatic carbocycles. The first-order valence-electron chi connectivity index (χ1n) is 7.26. The Kier molecular flexibility index (Phi) is 2.74. The third-order valence-electron chi connectivity index (χ3n) is 4.34. The number of nitrogens with two attached hydrogens (primary N) is 1. The molecule has 0 unspecified atom stereocenters. The lowest BCUT2D eigenvalue weighted by atomic mass is 9.99. The smallest absolute Gasteiger partial charge is 0.267 e. The molecule has 4 rings (SSSR count). The number of nitrogens with one attached hydrogen (secondary N) is 1. The Morgan fingerprint density at radius 2 is 2.04 bits per heavy atom. The number of nitrogens with zero attached hydrogens (tertiary/aromatic N) is 3. The van der Waals surface area contributed by atoms with Gasteiger partial charge in [-0.05, 0) is 24.6 Å². The van der Waals surface area contributed by atoms with Gasteiger partial charge >= 0.3 is 0 Å². The monoisotopic (exact) mass is 305 g/mol. The number of aryl methyl sites for hydroxylation is 1. The maximum atomic E-state index is 11.6. The van der Waals surface area contributed by atoms with Gasteiger partial charge in [0.05, 0.1) is 6.20 Å². The number of carbonyl (C=O) groups excluding carboxylic acids is 1. The predicted octanol–water partition coefficient (Wildman–Crippen LogP) is 2.52. The van der Waals surface area contributed by atoms with Gasteiger partial charge in [-0.3, -0.25) is 9.89 Å². The van der Waals surface area contributed by atoms with E-state index in [1.165, 1.54) is 0 Å². The fourth-order valence-electron chi connectivity index (χ4n) is 3.12. The Balaban J connectivity index is 2.17. The Labute approximate surface area is 131 Å². The standard InChI is InChI=1S/C17H15N5O/c1-9-15(10-5-3-4-6-14(10)22(9)2)11-7-13(16(18)23)20-17-12(11)8-19-21-17/h3-8H,1-2H3,(H2,18,23)(H,19,20,21). The van der Waals surface area contributed by atoms with Crippen LogP contribution in [0.3, 0.4) is 0 Å². The van der Waals surface area contributed by atoms with E-state index < -0.39 is 5.91 Å². The Bertz CT molecular complexity index is 1070. The van der Waals surface area contributed by atoms with Crippen LogP contribution in [-0.4, -0.2) is 25.7 Å². The summed E-state index contributed by atoms with van der Waals surface area (Å²) in [5.41, 5.74) is 10.4. The summed E-state index contributed by atoms with van der Waals surface area (Å²) in [7, 11) is 2.03. The number of benzene rings is 1. The highest BCUT2D eigenvalue weighted by atomic mass is 16.1. The molecular formula is C17H15N5O. The second-order valence-corrected chi connectivity index (χ2v) is 5.59. The van der Waals surface area contributed by atoms with Gasteiger partial charge in [0.2, 0.25) is 0 Å². The van der Waals surface area contributed by atoms with Crippen LogP contribution in [0.2, 0.25) is 0 Å². The van der Waals surface area contributed by atoms with Crippen LogP contribution in [0.4, 0.5) is 0 Å². The number of hydrogen-bond acceptors (Lipinski definition) is 3. The van der Waals surface area contributed by atoms with E-state index in [9.17, 15) is 4.79 Å². The molecule has 1 amide bonds. The van der Waals surface area contributed by atoms with Crippen LogP contribution in [0, 0.1) is 6.92 Å². The fraction of sp³-hybridized carbons (Fsp3) is 0.118. The number of rotatable bonds is 2. The van der Waals surface area contributed by atoms with Gasteiger partial charge in [0, 0.05) is 34.6 Å². The highest BCUT2D eigenvalue weighted by Crippen LogP contribution is 2.37. The van der Waals surface area contributed by atoms with Gasteiger partial charge in [-0.2, -0.15) is 5.10 Å². The third kappa shape index (κ3) is 1.85. The number of primary amides is 1. The molecule has 0 bridgehead atoms. The van der Waals surface area contributed by atoms with Crippen LogP contribution in [0.5, 0.6) is 0 Å². The molecule has 3 N–H and O–H groups in total. The summed E-state index contributed by atoms with van der Waals surface area (Å²) in [6, 6.07) is 9.92.